The van der Waals surface area contributed by atoms with Crippen LogP contribution in [0.4, 0.5) is 0 Å². The van der Waals surface area contributed by atoms with Crippen molar-refractivity contribution in [2.24, 2.45) is 0 Å². The molecule has 1 aliphatic heterocycles. The van der Waals surface area contributed by atoms with E-state index in [4.69, 9.17) is 9.47 Å². The summed E-state index contributed by atoms with van der Waals surface area (Å²) in [5, 5.41) is 0. The Morgan fingerprint density at radius 3 is 2.42 bits per heavy atom. The Bertz CT molecular complexity index is 716. The molecule has 0 amide bonds. The fourth-order valence-electron chi connectivity index (χ4n) is 3.20. The van der Waals surface area contributed by atoms with E-state index in [-0.39, 0.29) is 23.8 Å². The second kappa shape index (κ2) is 7.11. The summed E-state index contributed by atoms with van der Waals surface area (Å²) in [6.07, 6.45) is 0.558. The largest absolute Gasteiger partial charge is 0.493 e. The van der Waals surface area contributed by atoms with Gasteiger partial charge in [-0.3, -0.25) is 9.69 Å². The number of likely N-dealkylation sites (N-methyl/N-ethyl adjacent to an activating group) is 1. The third-order valence-corrected chi connectivity index (χ3v) is 6.56. The van der Waals surface area contributed by atoms with Gasteiger partial charge in [0.25, 0.3) is 0 Å². The SMILES string of the molecule is CCN(CC(=O)c1ccc(OC)c(OC)c1)[C@]1(C)CCS(=O)(=O)C1. The summed E-state index contributed by atoms with van der Waals surface area (Å²) < 4.78 is 34.1. The molecule has 0 unspecified atom stereocenters. The van der Waals surface area contributed by atoms with Crippen LogP contribution >= 0.6 is 0 Å². The average Bonchev–Trinajstić information content (AvgIpc) is 2.85. The fraction of sp³-hybridized carbons (Fsp3) is 0.588. The van der Waals surface area contributed by atoms with Gasteiger partial charge in [0.1, 0.15) is 0 Å². The van der Waals surface area contributed by atoms with Crippen LogP contribution in [-0.2, 0) is 9.84 Å². The van der Waals surface area contributed by atoms with Crippen molar-refractivity contribution < 1.29 is 22.7 Å². The van der Waals surface area contributed by atoms with Gasteiger partial charge in [0, 0.05) is 11.1 Å². The van der Waals surface area contributed by atoms with Crippen LogP contribution in [0.2, 0.25) is 0 Å². The van der Waals surface area contributed by atoms with Crippen LogP contribution in [0.1, 0.15) is 30.6 Å². The topological polar surface area (TPSA) is 72.9 Å². The van der Waals surface area contributed by atoms with Crippen molar-refractivity contribution in [1.82, 2.24) is 4.90 Å². The highest BCUT2D eigenvalue weighted by atomic mass is 32.2. The molecule has 0 aliphatic carbocycles. The molecule has 1 atom stereocenters. The Morgan fingerprint density at radius 1 is 1.25 bits per heavy atom. The second-order valence-electron chi connectivity index (χ2n) is 6.35. The number of hydrogen-bond donors (Lipinski definition) is 0. The third kappa shape index (κ3) is 3.89. The Morgan fingerprint density at radius 2 is 1.92 bits per heavy atom. The lowest BCUT2D eigenvalue weighted by Crippen LogP contribution is -2.49. The number of carbonyl (C=O) groups excluding carboxylic acids is 1. The van der Waals surface area contributed by atoms with Crippen molar-refractivity contribution in [3.05, 3.63) is 23.8 Å². The maximum Gasteiger partial charge on any atom is 0.176 e. The highest BCUT2D eigenvalue weighted by molar-refractivity contribution is 7.91. The molecule has 7 heteroatoms. The van der Waals surface area contributed by atoms with Crippen LogP contribution in [0.5, 0.6) is 11.5 Å². The number of rotatable bonds is 7. The zero-order chi connectivity index (χ0) is 18.0. The highest BCUT2D eigenvalue weighted by Gasteiger charge is 2.42. The Hall–Kier alpha value is -1.60. The van der Waals surface area contributed by atoms with Crippen molar-refractivity contribution in [3.8, 4) is 11.5 Å². The molecule has 0 aromatic heterocycles. The number of sulfone groups is 1. The predicted molar refractivity (Wildman–Crippen MR) is 92.8 cm³/mol. The lowest BCUT2D eigenvalue weighted by atomic mass is 9.98. The number of carbonyl (C=O) groups is 1. The molecule has 1 saturated heterocycles. The number of ketones is 1. The first-order chi connectivity index (χ1) is 11.2. The summed E-state index contributed by atoms with van der Waals surface area (Å²) in [5.74, 6) is 1.29. The quantitative estimate of drug-likeness (QED) is 0.694. The van der Waals surface area contributed by atoms with Crippen LogP contribution < -0.4 is 9.47 Å². The monoisotopic (exact) mass is 355 g/mol. The summed E-state index contributed by atoms with van der Waals surface area (Å²) in [7, 11) is 0.0453. The first-order valence-electron chi connectivity index (χ1n) is 7.95. The maximum absolute atomic E-state index is 12.7. The molecule has 134 valence electrons. The molecule has 2 rings (SSSR count). The molecule has 0 N–H and O–H groups in total. The van der Waals surface area contributed by atoms with Crippen molar-refractivity contribution >= 4 is 15.6 Å². The third-order valence-electron chi connectivity index (χ3n) is 4.67. The van der Waals surface area contributed by atoms with Gasteiger partial charge in [-0.25, -0.2) is 8.42 Å². The van der Waals surface area contributed by atoms with Gasteiger partial charge < -0.3 is 9.47 Å². The van der Waals surface area contributed by atoms with Crippen molar-refractivity contribution in [1.29, 1.82) is 0 Å². The van der Waals surface area contributed by atoms with Crippen LogP contribution in [0.15, 0.2) is 18.2 Å². The van der Waals surface area contributed by atoms with E-state index in [1.807, 2.05) is 18.7 Å². The summed E-state index contributed by atoms with van der Waals surface area (Å²) in [5.41, 5.74) is 0.0374. The number of methoxy groups -OCH3 is 2. The van der Waals surface area contributed by atoms with Gasteiger partial charge in [-0.1, -0.05) is 6.92 Å². The zero-order valence-corrected chi connectivity index (χ0v) is 15.5. The lowest BCUT2D eigenvalue weighted by Gasteiger charge is -2.36. The minimum Gasteiger partial charge on any atom is -0.493 e. The number of Topliss-reactive ketones (excluding diaryl/α,β-unsaturated/α-hetero) is 1. The maximum atomic E-state index is 12.7. The minimum atomic E-state index is -3.02. The van der Waals surface area contributed by atoms with E-state index in [2.05, 4.69) is 0 Å². The molecule has 0 spiro atoms. The predicted octanol–water partition coefficient (Wildman–Crippen LogP) is 1.79. The molecule has 0 radical (unpaired) electrons. The normalized spacial score (nSPS) is 22.5. The molecule has 1 heterocycles. The highest BCUT2D eigenvalue weighted by Crippen LogP contribution is 2.31. The molecule has 1 fully saturated rings. The molecule has 24 heavy (non-hydrogen) atoms. The first-order valence-corrected chi connectivity index (χ1v) is 9.77. The second-order valence-corrected chi connectivity index (χ2v) is 8.53. The average molecular weight is 355 g/mol. The van der Waals surface area contributed by atoms with Gasteiger partial charge >= 0.3 is 0 Å². The first kappa shape index (κ1) is 18.7. The smallest absolute Gasteiger partial charge is 0.176 e. The number of hydrogen-bond acceptors (Lipinski definition) is 6. The van der Waals surface area contributed by atoms with Crippen molar-refractivity contribution in [2.45, 2.75) is 25.8 Å². The van der Waals surface area contributed by atoms with E-state index in [1.165, 1.54) is 7.11 Å². The van der Waals surface area contributed by atoms with Crippen molar-refractivity contribution in [2.75, 3.05) is 38.8 Å². The summed E-state index contributed by atoms with van der Waals surface area (Å²) in [4.78, 5) is 14.6. The van der Waals surface area contributed by atoms with Crippen LogP contribution in [0, 0.1) is 0 Å². The molecule has 1 aromatic rings. The Balaban J connectivity index is 2.18. The van der Waals surface area contributed by atoms with Gasteiger partial charge in [0.15, 0.2) is 27.1 Å². The van der Waals surface area contributed by atoms with E-state index in [0.717, 1.165) is 0 Å². The Kier molecular flexibility index (Phi) is 5.55. The van der Waals surface area contributed by atoms with E-state index in [9.17, 15) is 13.2 Å². The van der Waals surface area contributed by atoms with E-state index >= 15 is 0 Å². The van der Waals surface area contributed by atoms with Gasteiger partial charge in [-0.2, -0.15) is 0 Å². The summed E-state index contributed by atoms with van der Waals surface area (Å²) in [6, 6.07) is 5.05. The van der Waals surface area contributed by atoms with Crippen LogP contribution in [-0.4, -0.2) is 63.5 Å². The van der Waals surface area contributed by atoms with E-state index in [1.54, 1.807) is 25.3 Å². The minimum absolute atomic E-state index is 0.0664. The van der Waals surface area contributed by atoms with Gasteiger partial charge in [0.2, 0.25) is 0 Å². The van der Waals surface area contributed by atoms with Gasteiger partial charge in [-0.05, 0) is 38.1 Å². The number of benzene rings is 1. The molecule has 0 saturated carbocycles. The standard InChI is InChI=1S/C17H25NO5S/c1-5-18(17(2)8-9-24(20,21)12-17)11-14(19)13-6-7-15(22-3)16(10-13)23-4/h6-7,10H,5,8-9,11-12H2,1-4H3/t17-/m1/s1. The van der Waals surface area contributed by atoms with Gasteiger partial charge in [-0.15, -0.1) is 0 Å². The summed E-state index contributed by atoms with van der Waals surface area (Å²) in [6.45, 7) is 4.66. The molecule has 1 aliphatic rings. The zero-order valence-electron chi connectivity index (χ0n) is 14.7. The molecular weight excluding hydrogens is 330 g/mol. The number of nitrogens with zero attached hydrogens (tertiary/aromatic N) is 1. The van der Waals surface area contributed by atoms with Gasteiger partial charge in [0.05, 0.1) is 32.3 Å². The molecule has 0 bridgehead atoms. The van der Waals surface area contributed by atoms with E-state index < -0.39 is 15.4 Å². The molecular formula is C17H25NO5S. The molecule has 6 nitrogen and oxygen atoms in total. The molecule has 1 aromatic carbocycles. The van der Waals surface area contributed by atoms with Crippen LogP contribution in [0.3, 0.4) is 0 Å². The fourth-order valence-corrected chi connectivity index (χ4v) is 5.37. The van der Waals surface area contributed by atoms with Crippen molar-refractivity contribution in [3.63, 3.8) is 0 Å². The van der Waals surface area contributed by atoms with E-state index in [0.29, 0.717) is 30.0 Å². The van der Waals surface area contributed by atoms with Crippen LogP contribution in [0.25, 0.3) is 0 Å². The summed E-state index contributed by atoms with van der Waals surface area (Å²) >= 11 is 0. The Labute approximate surface area is 143 Å². The number of ether oxygens (including phenoxy) is 2. The lowest BCUT2D eigenvalue weighted by molar-refractivity contribution is 0.0810.